The van der Waals surface area contributed by atoms with Gasteiger partial charge in [0.05, 0.1) is 69.7 Å². The number of aliphatic hydroxyl groups is 21. The van der Waals surface area contributed by atoms with E-state index in [1.165, 1.54) is 41.7 Å². The molecule has 0 aromatic rings. The molecule has 9 heterocycles. The molecule has 0 aromatic carbocycles. The number of aliphatic hydroxyl groups excluding tert-OH is 21. The van der Waals surface area contributed by atoms with Crippen LogP contribution in [0, 0.1) is 0 Å². The number of methoxy groups -OCH3 is 1. The minimum absolute atomic E-state index is 0.297. The van der Waals surface area contributed by atoms with Crippen molar-refractivity contribution in [3.63, 3.8) is 0 Å². The van der Waals surface area contributed by atoms with Crippen LogP contribution in [0.1, 0.15) is 48.0 Å². The fourth-order valence-electron chi connectivity index (χ4n) is 13.5. The van der Waals surface area contributed by atoms with E-state index in [-0.39, 0.29) is 6.61 Å². The van der Waals surface area contributed by atoms with Gasteiger partial charge < -0.3 is 203 Å². The Morgan fingerprint density at radius 3 is 1.25 bits per heavy atom. The minimum atomic E-state index is -4.91. The molecule has 0 spiro atoms. The summed E-state index contributed by atoms with van der Waals surface area (Å²) in [4.78, 5) is 22.8. The van der Waals surface area contributed by atoms with E-state index in [1.54, 1.807) is 0 Å². The summed E-state index contributed by atoms with van der Waals surface area (Å²) >= 11 is 0. The van der Waals surface area contributed by atoms with Gasteiger partial charge in [-0.25, -0.2) is 4.57 Å². The average Bonchev–Trinajstić information content (AvgIpc) is 0.772. The van der Waals surface area contributed by atoms with Crippen LogP contribution in [0.15, 0.2) is 0 Å². The average molecular weight is 1560 g/mol. The van der Waals surface area contributed by atoms with E-state index in [1.807, 2.05) is 0 Å². The largest absolute Gasteiger partial charge is 0.474 e. The molecule has 28 unspecified atom stereocenters. The Bertz CT molecular complexity index is 2770. The van der Waals surface area contributed by atoms with E-state index in [0.29, 0.717) is 0 Å². The van der Waals surface area contributed by atoms with Crippen molar-refractivity contribution < 1.29 is 216 Å². The molecule has 9 fully saturated rings. The van der Waals surface area contributed by atoms with Crippen molar-refractivity contribution in [2.45, 2.75) is 318 Å². The van der Waals surface area contributed by atoms with Crippen molar-refractivity contribution in [3.8, 4) is 0 Å². The normalized spacial score (nSPS) is 52.2. The summed E-state index contributed by atoms with van der Waals surface area (Å²) < 4.78 is 128. The number of phosphoric acid groups is 1. The number of amides is 1. The molecule has 0 aliphatic carbocycles. The van der Waals surface area contributed by atoms with Gasteiger partial charge in [-0.2, -0.15) is 0 Å². The topological polar surface area (TPSA) is 676 Å². The van der Waals surface area contributed by atoms with E-state index in [0.717, 1.165) is 14.0 Å². The highest BCUT2D eigenvalue weighted by Gasteiger charge is 2.60. The van der Waals surface area contributed by atoms with Crippen molar-refractivity contribution >= 4 is 13.7 Å². The first kappa shape index (κ1) is 87.0. The van der Waals surface area contributed by atoms with Crippen LogP contribution in [0.4, 0.5) is 0 Å². The molecule has 105 heavy (non-hydrogen) atoms. The van der Waals surface area contributed by atoms with E-state index < -0.39 is 316 Å². The zero-order valence-corrected chi connectivity index (χ0v) is 58.7. The number of phosphoric ester groups is 1. The summed E-state index contributed by atoms with van der Waals surface area (Å²) in [6, 6.07) is -1.68. The van der Waals surface area contributed by atoms with E-state index >= 15 is 0 Å². The maximum Gasteiger partial charge on any atom is 0.474 e. The number of ether oxygens (including phenoxy) is 18. The zero-order valence-electron chi connectivity index (χ0n) is 57.8. The summed E-state index contributed by atoms with van der Waals surface area (Å²) in [5, 5.41) is 238. The molecule has 9 rings (SSSR count). The third kappa shape index (κ3) is 19.1. The van der Waals surface area contributed by atoms with E-state index in [4.69, 9.17) is 89.8 Å². The van der Waals surface area contributed by atoms with Gasteiger partial charge in [0.2, 0.25) is 5.91 Å². The highest BCUT2D eigenvalue weighted by atomic mass is 31.2. The number of carbonyl (C=O) groups excluding carboxylic acids is 1. The van der Waals surface area contributed by atoms with Crippen molar-refractivity contribution in [2.24, 2.45) is 0 Å². The Morgan fingerprint density at radius 2 is 0.790 bits per heavy atom. The van der Waals surface area contributed by atoms with Gasteiger partial charge >= 0.3 is 7.82 Å². The standard InChI is InChI=1S/C59H102NO44P/c1-15-26(65)36(75)46(55(90-15)87-12-24-32(71)35(74)41(80)54(96-24)104-105(83,84)86-8)100-57-48(38(77)28(67)17(3)92-57)102-58-49(39(78)29(68)18(4)93-58)101-56-47(37(76)27(66)16(2)91-56)99-50-25(60-20(6)63)21(64)9-59(13-62,103-50)14-88-51-42(81)45(33(72)22(10-61)94-51)98-53-43(82)44(30(69)19(5)89-53)97-52-40(79)34(73)31(70)23(95-52)11-85-7/h15-19,21-58,61-62,64-82H,9-14H2,1-8H3,(H,60,63)(H,83,84)/t15?,16?,17?,18?,19?,21?,22?,23?,24?,25-,26-,27-,28-,29-,30-,31-,32-,33+,34?,35?,36?,37?,38?,39?,40-,41-,42-,43?,44?,45?,46?,47?,48?,49?,50?,51?,52?,53-,54?,55+,56-,57-,58-,59?/m0/s1. The lowest BCUT2D eigenvalue weighted by Gasteiger charge is -2.51. The SMILES string of the molecule is COCC1OC(OC2C(O)[C@H](OC3[C@H](O)C(CO)OC(OCC4(CO)CC(O)[C@H](NC(C)=O)C(OC5C(O)[C@@H](O)C(C)O[C@H]5OC5C(O)[C@@H](O)C(C)O[C@H]5OC5C(O)[C@@H](O)C(C)O[C@H]5OC5C(O)[C@@H](O)C(C)O[C@H]5OCC5OC(OP(=O)(O)OC)[C@@H](O)C(O)[C@H]5O)O4)[C@H]3O)OC(C)[C@@H]2O)[C@@H](O)C(O)[C@H]1O. The Morgan fingerprint density at radius 1 is 0.410 bits per heavy atom. The second-order valence-electron chi connectivity index (χ2n) is 27.5. The summed E-state index contributed by atoms with van der Waals surface area (Å²) in [5.41, 5.74) is -2.24. The van der Waals surface area contributed by atoms with Crippen molar-refractivity contribution in [1.29, 1.82) is 0 Å². The molecule has 0 aromatic heterocycles. The lowest BCUT2D eigenvalue weighted by molar-refractivity contribution is -0.410. The molecule has 9 saturated heterocycles. The van der Waals surface area contributed by atoms with Gasteiger partial charge in [0, 0.05) is 27.6 Å². The van der Waals surface area contributed by atoms with Crippen molar-refractivity contribution in [1.82, 2.24) is 5.32 Å². The first-order valence-electron chi connectivity index (χ1n) is 33.9. The first-order valence-corrected chi connectivity index (χ1v) is 35.4. The Balaban J connectivity index is 0.929. The molecule has 612 valence electrons. The third-order valence-corrected chi connectivity index (χ3v) is 20.8. The second-order valence-corrected chi connectivity index (χ2v) is 29.0. The summed E-state index contributed by atoms with van der Waals surface area (Å²) in [5.74, 6) is -0.824. The molecular weight excluding hydrogens is 1460 g/mol. The number of rotatable bonds is 26. The maximum absolute atomic E-state index is 12.9. The van der Waals surface area contributed by atoms with Gasteiger partial charge in [0.25, 0.3) is 0 Å². The molecule has 0 bridgehead atoms. The number of nitrogens with one attached hydrogen (secondary N) is 1. The summed E-state index contributed by atoms with van der Waals surface area (Å²) in [6.45, 7) is 3.19. The van der Waals surface area contributed by atoms with Crippen LogP contribution in [0.3, 0.4) is 0 Å². The lowest BCUT2D eigenvalue weighted by Crippen LogP contribution is -2.68. The molecular formula is C59H102NO44P. The second kappa shape index (κ2) is 36.4. The number of carbonyl (C=O) groups is 1. The predicted molar refractivity (Wildman–Crippen MR) is 327 cm³/mol. The van der Waals surface area contributed by atoms with Gasteiger partial charge in [-0.05, 0) is 34.6 Å². The zero-order chi connectivity index (χ0) is 77.5. The molecule has 9 aliphatic rings. The number of hydrogen-bond donors (Lipinski definition) is 23. The van der Waals surface area contributed by atoms with Crippen LogP contribution in [-0.2, 0) is 104 Å². The Hall–Kier alpha value is -1.98. The molecule has 1 amide bonds. The molecule has 45 atom stereocenters. The third-order valence-electron chi connectivity index (χ3n) is 19.9. The monoisotopic (exact) mass is 1560 g/mol. The quantitative estimate of drug-likeness (QED) is 0.0358. The molecule has 9 aliphatic heterocycles. The van der Waals surface area contributed by atoms with Gasteiger partial charge in [-0.15, -0.1) is 0 Å². The molecule has 0 radical (unpaired) electrons. The van der Waals surface area contributed by atoms with E-state index in [2.05, 4.69) is 9.84 Å². The lowest BCUT2D eigenvalue weighted by atomic mass is 9.89. The fraction of sp³-hybridized carbons (Fsp3) is 0.983. The van der Waals surface area contributed by atoms with Crippen LogP contribution >= 0.6 is 7.82 Å². The van der Waals surface area contributed by atoms with Crippen LogP contribution in [0.25, 0.3) is 0 Å². The van der Waals surface area contributed by atoms with Crippen molar-refractivity contribution in [2.75, 3.05) is 47.3 Å². The molecule has 0 saturated carbocycles. The van der Waals surface area contributed by atoms with Crippen LogP contribution in [0.2, 0.25) is 0 Å². The Kier molecular flexibility index (Phi) is 30.2. The highest BCUT2D eigenvalue weighted by molar-refractivity contribution is 7.47. The first-order chi connectivity index (χ1) is 49.3. The molecule has 46 heteroatoms. The van der Waals surface area contributed by atoms with Crippen LogP contribution in [-0.4, -0.2) is 435 Å². The minimum Gasteiger partial charge on any atom is -0.394 e. The van der Waals surface area contributed by atoms with Crippen molar-refractivity contribution in [3.05, 3.63) is 0 Å². The van der Waals surface area contributed by atoms with E-state index in [9.17, 15) is 121 Å². The summed E-state index contributed by atoms with van der Waals surface area (Å²) in [7, 11) is -2.86. The van der Waals surface area contributed by atoms with Gasteiger partial charge in [-0.3, -0.25) is 13.8 Å². The highest BCUT2D eigenvalue weighted by Crippen LogP contribution is 2.46. The number of hydrogen-bond acceptors (Lipinski definition) is 43. The van der Waals surface area contributed by atoms with Gasteiger partial charge in [-0.1, -0.05) is 0 Å². The fourth-order valence-corrected chi connectivity index (χ4v) is 14.0. The van der Waals surface area contributed by atoms with Gasteiger partial charge in [0.1, 0.15) is 176 Å². The smallest absolute Gasteiger partial charge is 0.394 e. The maximum atomic E-state index is 12.9. The van der Waals surface area contributed by atoms with Crippen LogP contribution in [0.5, 0.6) is 0 Å². The van der Waals surface area contributed by atoms with Gasteiger partial charge in [0.15, 0.2) is 56.6 Å². The predicted octanol–water partition coefficient (Wildman–Crippen LogP) is -13.5. The molecule has 23 N–H and O–H groups in total. The van der Waals surface area contributed by atoms with Crippen LogP contribution < -0.4 is 5.32 Å². The summed E-state index contributed by atoms with van der Waals surface area (Å²) in [6.07, 6.45) is -79.3. The molecule has 45 nitrogen and oxygen atoms in total. The Labute approximate surface area is 598 Å².